The molecule has 0 saturated heterocycles. The van der Waals surface area contributed by atoms with E-state index in [1.54, 1.807) is 6.92 Å². The van der Waals surface area contributed by atoms with E-state index in [4.69, 9.17) is 14.2 Å². The molecule has 1 rings (SSSR count). The molecule has 2 N–H and O–H groups in total. The van der Waals surface area contributed by atoms with Crippen LogP contribution in [0, 0.1) is 6.92 Å². The van der Waals surface area contributed by atoms with Gasteiger partial charge in [0.05, 0.1) is 21.3 Å². The van der Waals surface area contributed by atoms with Crippen LogP contribution in [0.1, 0.15) is 5.56 Å². The summed E-state index contributed by atoms with van der Waals surface area (Å²) in [6.07, 6.45) is 0. The van der Waals surface area contributed by atoms with Gasteiger partial charge in [0.2, 0.25) is 17.2 Å². The normalized spacial score (nSPS) is 9.87. The Morgan fingerprint density at radius 3 is 1.60 bits per heavy atom. The number of hydrogen-bond donors (Lipinski definition) is 2. The Hall–Kier alpha value is -1.78. The van der Waals surface area contributed by atoms with Gasteiger partial charge in [-0.1, -0.05) is 0 Å². The lowest BCUT2D eigenvalue weighted by Crippen LogP contribution is -1.97. The Labute approximate surface area is 87.8 Å². The highest BCUT2D eigenvalue weighted by atomic mass is 16.5. The van der Waals surface area contributed by atoms with Crippen LogP contribution in [-0.2, 0) is 0 Å². The Bertz CT molecular complexity index is 342. The predicted octanol–water partition coefficient (Wildman–Crippen LogP) is 1.43. The molecule has 0 saturated carbocycles. The summed E-state index contributed by atoms with van der Waals surface area (Å²) in [6, 6.07) is 0. The molecule has 15 heavy (non-hydrogen) atoms. The van der Waals surface area contributed by atoms with Gasteiger partial charge in [0.1, 0.15) is 0 Å². The van der Waals surface area contributed by atoms with Gasteiger partial charge in [-0.3, -0.25) is 0 Å². The third-order valence-electron chi connectivity index (χ3n) is 2.16. The molecule has 1 aromatic rings. The molecule has 5 nitrogen and oxygen atoms in total. The molecule has 0 unspecified atom stereocenters. The van der Waals surface area contributed by atoms with Crippen LogP contribution in [0.3, 0.4) is 0 Å². The van der Waals surface area contributed by atoms with Crippen LogP contribution in [0.4, 0.5) is 0 Å². The molecule has 0 bridgehead atoms. The molecule has 0 aromatic heterocycles. The summed E-state index contributed by atoms with van der Waals surface area (Å²) in [4.78, 5) is 0. The zero-order chi connectivity index (χ0) is 11.6. The minimum atomic E-state index is -0.354. The van der Waals surface area contributed by atoms with Crippen LogP contribution in [0.2, 0.25) is 0 Å². The summed E-state index contributed by atoms with van der Waals surface area (Å²) in [6.45, 7) is 1.61. The van der Waals surface area contributed by atoms with Gasteiger partial charge in [-0.25, -0.2) is 0 Å². The van der Waals surface area contributed by atoms with Gasteiger partial charge >= 0.3 is 0 Å². The van der Waals surface area contributed by atoms with Crippen LogP contribution >= 0.6 is 0 Å². The van der Waals surface area contributed by atoms with Gasteiger partial charge in [0.15, 0.2) is 11.5 Å². The van der Waals surface area contributed by atoms with E-state index in [0.29, 0.717) is 11.3 Å². The molecule has 0 spiro atoms. The molecule has 0 radical (unpaired) electrons. The minimum absolute atomic E-state index is 0.0532. The van der Waals surface area contributed by atoms with Crippen molar-refractivity contribution >= 4 is 0 Å². The zero-order valence-electron chi connectivity index (χ0n) is 9.12. The second-order valence-corrected chi connectivity index (χ2v) is 2.92. The fourth-order valence-electron chi connectivity index (χ4n) is 1.39. The predicted molar refractivity (Wildman–Crippen MR) is 54.2 cm³/mol. The SMILES string of the molecule is COc1c(C)c(O)c(O)c(OC)c1OC. The molecule has 5 heteroatoms. The van der Waals surface area contributed by atoms with Crippen molar-refractivity contribution in [3.05, 3.63) is 5.56 Å². The van der Waals surface area contributed by atoms with E-state index in [1.165, 1.54) is 21.3 Å². The monoisotopic (exact) mass is 214 g/mol. The van der Waals surface area contributed by atoms with Crippen molar-refractivity contribution in [1.82, 2.24) is 0 Å². The van der Waals surface area contributed by atoms with Crippen LogP contribution in [-0.4, -0.2) is 31.5 Å². The first kappa shape index (κ1) is 11.3. The van der Waals surface area contributed by atoms with Gasteiger partial charge in [0, 0.05) is 5.56 Å². The number of phenols is 2. The summed E-state index contributed by atoms with van der Waals surface area (Å²) in [5.74, 6) is 0.0204. The lowest BCUT2D eigenvalue weighted by molar-refractivity contribution is 0.298. The molecule has 0 amide bonds. The molecular weight excluding hydrogens is 200 g/mol. The number of ether oxygens (including phenoxy) is 3. The third-order valence-corrected chi connectivity index (χ3v) is 2.16. The average molecular weight is 214 g/mol. The van der Waals surface area contributed by atoms with Crippen molar-refractivity contribution in [3.8, 4) is 28.7 Å². The van der Waals surface area contributed by atoms with E-state index in [0.717, 1.165) is 0 Å². The molecule has 84 valence electrons. The second kappa shape index (κ2) is 4.16. The Morgan fingerprint density at radius 1 is 0.733 bits per heavy atom. The topological polar surface area (TPSA) is 68.2 Å². The summed E-state index contributed by atoms with van der Waals surface area (Å²) in [7, 11) is 4.24. The Morgan fingerprint density at radius 2 is 1.20 bits per heavy atom. The smallest absolute Gasteiger partial charge is 0.211 e. The molecule has 0 fully saturated rings. The molecule has 0 atom stereocenters. The van der Waals surface area contributed by atoms with Crippen molar-refractivity contribution in [2.24, 2.45) is 0 Å². The summed E-state index contributed by atoms with van der Waals surface area (Å²) >= 11 is 0. The quantitative estimate of drug-likeness (QED) is 0.745. The lowest BCUT2D eigenvalue weighted by atomic mass is 10.1. The highest BCUT2D eigenvalue weighted by molar-refractivity contribution is 5.68. The highest BCUT2D eigenvalue weighted by Gasteiger charge is 2.23. The number of benzene rings is 1. The molecule has 1 aromatic carbocycles. The van der Waals surface area contributed by atoms with Gasteiger partial charge in [0.25, 0.3) is 0 Å². The maximum atomic E-state index is 9.60. The summed E-state index contributed by atoms with van der Waals surface area (Å²) in [5.41, 5.74) is 0.396. The first-order valence-corrected chi connectivity index (χ1v) is 4.28. The van der Waals surface area contributed by atoms with Crippen molar-refractivity contribution in [2.75, 3.05) is 21.3 Å². The fourth-order valence-corrected chi connectivity index (χ4v) is 1.39. The van der Waals surface area contributed by atoms with E-state index >= 15 is 0 Å². The van der Waals surface area contributed by atoms with Crippen LogP contribution < -0.4 is 14.2 Å². The van der Waals surface area contributed by atoms with Crippen molar-refractivity contribution in [3.63, 3.8) is 0 Å². The Balaban J connectivity index is 3.59. The van der Waals surface area contributed by atoms with Gasteiger partial charge < -0.3 is 24.4 Å². The second-order valence-electron chi connectivity index (χ2n) is 2.92. The maximum Gasteiger partial charge on any atom is 0.211 e. The van der Waals surface area contributed by atoms with Crippen LogP contribution in [0.25, 0.3) is 0 Å². The van der Waals surface area contributed by atoms with E-state index in [9.17, 15) is 10.2 Å². The van der Waals surface area contributed by atoms with Gasteiger partial charge in [-0.15, -0.1) is 0 Å². The summed E-state index contributed by atoms with van der Waals surface area (Å²) in [5, 5.41) is 19.2. The number of methoxy groups -OCH3 is 3. The minimum Gasteiger partial charge on any atom is -0.504 e. The zero-order valence-corrected chi connectivity index (χ0v) is 9.12. The first-order chi connectivity index (χ1) is 7.08. The van der Waals surface area contributed by atoms with Crippen LogP contribution in [0.5, 0.6) is 28.7 Å². The highest BCUT2D eigenvalue weighted by Crippen LogP contribution is 2.51. The number of rotatable bonds is 3. The molecule has 0 heterocycles. The average Bonchev–Trinajstić information content (AvgIpc) is 2.25. The third kappa shape index (κ3) is 1.60. The standard InChI is InChI=1S/C10H14O5/c1-5-6(11)7(12)9(14-3)10(15-4)8(5)13-2/h11-12H,1-4H3. The maximum absolute atomic E-state index is 9.60. The van der Waals surface area contributed by atoms with Crippen molar-refractivity contribution in [2.45, 2.75) is 6.92 Å². The lowest BCUT2D eigenvalue weighted by Gasteiger charge is -2.16. The van der Waals surface area contributed by atoms with Crippen molar-refractivity contribution < 1.29 is 24.4 Å². The molecule has 0 aliphatic rings. The molecular formula is C10H14O5. The van der Waals surface area contributed by atoms with E-state index < -0.39 is 0 Å². The van der Waals surface area contributed by atoms with Crippen LogP contribution in [0.15, 0.2) is 0 Å². The summed E-state index contributed by atoms with van der Waals surface area (Å²) < 4.78 is 15.1. The van der Waals surface area contributed by atoms with Crippen molar-refractivity contribution in [1.29, 1.82) is 0 Å². The van der Waals surface area contributed by atoms with Gasteiger partial charge in [-0.05, 0) is 6.92 Å². The molecule has 0 aliphatic carbocycles. The fraction of sp³-hybridized carbons (Fsp3) is 0.400. The van der Waals surface area contributed by atoms with E-state index in [2.05, 4.69) is 0 Å². The van der Waals surface area contributed by atoms with Gasteiger partial charge in [-0.2, -0.15) is 0 Å². The number of aromatic hydroxyl groups is 2. The Kier molecular flexibility index (Phi) is 3.14. The molecule has 0 aliphatic heterocycles. The first-order valence-electron chi connectivity index (χ1n) is 4.28. The van der Waals surface area contributed by atoms with E-state index in [1.807, 2.05) is 0 Å². The number of hydrogen-bond acceptors (Lipinski definition) is 5. The largest absolute Gasteiger partial charge is 0.504 e. The number of phenolic OH excluding ortho intramolecular Hbond substituents is 2. The van der Waals surface area contributed by atoms with E-state index in [-0.39, 0.29) is 23.0 Å².